The summed E-state index contributed by atoms with van der Waals surface area (Å²) in [6.45, 7) is 6.19. The Bertz CT molecular complexity index is 122. The van der Waals surface area contributed by atoms with Gasteiger partial charge in [0.1, 0.15) is 0 Å². The van der Waals surface area contributed by atoms with Crippen LogP contribution in [0, 0.1) is 0 Å². The molecule has 10 heavy (non-hydrogen) atoms. The molecule has 0 amide bonds. The maximum Gasteiger partial charge on any atom is 0.209 e. The third-order valence-corrected chi connectivity index (χ3v) is 1.32. The van der Waals surface area contributed by atoms with E-state index in [1.54, 1.807) is 0 Å². The maximum absolute atomic E-state index is 5.07. The zero-order chi connectivity index (χ0) is 8.20. The fraction of sp³-hybridized carbons (Fsp3) is 0.800. The molecule has 0 heterocycles. The van der Waals surface area contributed by atoms with Gasteiger partial charge in [0.05, 0.1) is 0 Å². The molecule has 5 N–H and O–H groups in total. The summed E-state index contributed by atoms with van der Waals surface area (Å²) in [4.78, 5) is 2.68. The van der Waals surface area contributed by atoms with Crippen LogP contribution >= 0.6 is 11.9 Å². The lowest BCUT2D eigenvalue weighted by Gasteiger charge is -2.15. The predicted octanol–water partition coefficient (Wildman–Crippen LogP) is 0.211. The lowest BCUT2D eigenvalue weighted by molar-refractivity contribution is 0.793. The number of nitrogens with one attached hydrogen (secondary N) is 1. The van der Waals surface area contributed by atoms with E-state index in [-0.39, 0.29) is 10.7 Å². The number of guanidine groups is 1. The summed E-state index contributed by atoms with van der Waals surface area (Å²) in [7, 11) is 0. The van der Waals surface area contributed by atoms with Crippen LogP contribution in [-0.2, 0) is 0 Å². The number of hydrazone groups is 1. The van der Waals surface area contributed by atoms with E-state index in [2.05, 4.69) is 30.7 Å². The highest BCUT2D eigenvalue weighted by Gasteiger charge is 2.09. The first-order chi connectivity index (χ1) is 4.42. The first-order valence-electron chi connectivity index (χ1n) is 2.93. The second kappa shape index (κ2) is 3.55. The van der Waals surface area contributed by atoms with Gasteiger partial charge in [0, 0.05) is 4.75 Å². The molecule has 4 nitrogen and oxygen atoms in total. The second-order valence-corrected chi connectivity index (χ2v) is 4.45. The molecular weight excluding hydrogens is 148 g/mol. The second-order valence-electron chi connectivity index (χ2n) is 2.84. The summed E-state index contributed by atoms with van der Waals surface area (Å²) >= 11 is 1.46. The molecule has 0 aromatic rings. The maximum atomic E-state index is 5.07. The van der Waals surface area contributed by atoms with E-state index in [0.717, 1.165) is 0 Å². The van der Waals surface area contributed by atoms with Crippen molar-refractivity contribution in [3.8, 4) is 0 Å². The summed E-state index contributed by atoms with van der Waals surface area (Å²) in [6, 6.07) is 0. The van der Waals surface area contributed by atoms with Gasteiger partial charge in [-0.15, -0.1) is 5.10 Å². The van der Waals surface area contributed by atoms with Crippen LogP contribution in [0.3, 0.4) is 0 Å². The SMILES string of the molecule is CC(C)(C)SNN=C(N)N. The average molecular weight is 162 g/mol. The lowest BCUT2D eigenvalue weighted by atomic mass is 10.3. The molecule has 0 spiro atoms. The van der Waals surface area contributed by atoms with Crippen molar-refractivity contribution in [3.63, 3.8) is 0 Å². The summed E-state index contributed by atoms with van der Waals surface area (Å²) in [5.74, 6) is 0.0525. The monoisotopic (exact) mass is 162 g/mol. The van der Waals surface area contributed by atoms with Gasteiger partial charge in [-0.05, 0) is 32.7 Å². The highest BCUT2D eigenvalue weighted by atomic mass is 32.2. The Morgan fingerprint density at radius 3 is 2.20 bits per heavy atom. The van der Waals surface area contributed by atoms with Crippen molar-refractivity contribution in [2.75, 3.05) is 0 Å². The molecule has 60 valence electrons. The first kappa shape index (κ1) is 9.42. The van der Waals surface area contributed by atoms with Gasteiger partial charge in [-0.3, -0.25) is 0 Å². The van der Waals surface area contributed by atoms with Crippen LogP contribution in [0.4, 0.5) is 0 Å². The molecule has 5 heteroatoms. The predicted molar refractivity (Wildman–Crippen MR) is 46.3 cm³/mol. The minimum atomic E-state index is 0.0525. The Labute approximate surface area is 65.6 Å². The normalized spacial score (nSPS) is 10.7. The summed E-state index contributed by atoms with van der Waals surface area (Å²) in [6.07, 6.45) is 0. The molecule has 0 unspecified atom stereocenters. The molecule has 0 saturated carbocycles. The fourth-order valence-electron chi connectivity index (χ4n) is 0.212. The van der Waals surface area contributed by atoms with E-state index in [9.17, 15) is 0 Å². The largest absolute Gasteiger partial charge is 0.369 e. The van der Waals surface area contributed by atoms with Crippen LogP contribution in [0.15, 0.2) is 5.10 Å². The van der Waals surface area contributed by atoms with Crippen molar-refractivity contribution >= 4 is 17.9 Å². The van der Waals surface area contributed by atoms with Crippen LogP contribution < -0.4 is 16.3 Å². The number of rotatable bonds is 2. The van der Waals surface area contributed by atoms with E-state index in [4.69, 9.17) is 11.5 Å². The van der Waals surface area contributed by atoms with Crippen LogP contribution in [0.25, 0.3) is 0 Å². The highest BCUT2D eigenvalue weighted by molar-refractivity contribution is 7.98. The zero-order valence-electron chi connectivity index (χ0n) is 6.51. The Morgan fingerprint density at radius 1 is 1.40 bits per heavy atom. The van der Waals surface area contributed by atoms with E-state index in [1.807, 2.05) is 0 Å². The van der Waals surface area contributed by atoms with E-state index in [1.165, 1.54) is 11.9 Å². The highest BCUT2D eigenvalue weighted by Crippen LogP contribution is 2.18. The minimum absolute atomic E-state index is 0.0525. The van der Waals surface area contributed by atoms with Crippen molar-refractivity contribution in [3.05, 3.63) is 0 Å². The molecule has 0 bridgehead atoms. The van der Waals surface area contributed by atoms with Gasteiger partial charge in [0.2, 0.25) is 5.96 Å². The summed E-state index contributed by atoms with van der Waals surface area (Å²) in [5, 5.41) is 3.60. The fourth-order valence-corrected chi connectivity index (χ4v) is 0.637. The van der Waals surface area contributed by atoms with Crippen molar-refractivity contribution in [1.29, 1.82) is 0 Å². The van der Waals surface area contributed by atoms with Crippen LogP contribution in [0.5, 0.6) is 0 Å². The van der Waals surface area contributed by atoms with Gasteiger partial charge in [0.25, 0.3) is 0 Å². The summed E-state index contributed by atoms with van der Waals surface area (Å²) in [5.41, 5.74) is 10.1. The van der Waals surface area contributed by atoms with E-state index in [0.29, 0.717) is 0 Å². The standard InChI is InChI=1S/C5H14N4S/c1-5(2,3)10-9-8-4(6)7/h9H,1-3H3,(H4,6,7,8). The molecule has 0 aliphatic heterocycles. The van der Waals surface area contributed by atoms with Gasteiger partial charge in [0.15, 0.2) is 0 Å². The first-order valence-corrected chi connectivity index (χ1v) is 3.75. The lowest BCUT2D eigenvalue weighted by Crippen LogP contribution is -2.26. The third kappa shape index (κ3) is 7.42. The van der Waals surface area contributed by atoms with Crippen LogP contribution in [-0.4, -0.2) is 10.7 Å². The molecule has 0 saturated heterocycles. The van der Waals surface area contributed by atoms with Gasteiger partial charge < -0.3 is 11.5 Å². The van der Waals surface area contributed by atoms with Crippen molar-refractivity contribution in [2.45, 2.75) is 25.5 Å². The molecule has 0 aliphatic carbocycles. The number of nitrogens with zero attached hydrogens (tertiary/aromatic N) is 1. The Hall–Kier alpha value is -0.580. The van der Waals surface area contributed by atoms with Crippen LogP contribution in [0.1, 0.15) is 20.8 Å². The minimum Gasteiger partial charge on any atom is -0.369 e. The van der Waals surface area contributed by atoms with E-state index < -0.39 is 0 Å². The van der Waals surface area contributed by atoms with Crippen molar-refractivity contribution in [2.24, 2.45) is 16.6 Å². The molecule has 0 atom stereocenters. The molecule has 0 rings (SSSR count). The number of hydrogen-bond donors (Lipinski definition) is 3. The summed E-state index contributed by atoms with van der Waals surface area (Å²) < 4.78 is 0.124. The molecule has 0 fully saturated rings. The average Bonchev–Trinajstić information content (AvgIpc) is 1.59. The molecule has 0 aromatic heterocycles. The molecule has 0 radical (unpaired) electrons. The Balaban J connectivity index is 3.47. The van der Waals surface area contributed by atoms with Crippen LogP contribution in [0.2, 0.25) is 0 Å². The topological polar surface area (TPSA) is 76.4 Å². The number of nitrogens with two attached hydrogens (primary N) is 2. The molecular formula is C5H14N4S. The Morgan fingerprint density at radius 2 is 1.90 bits per heavy atom. The van der Waals surface area contributed by atoms with Crippen molar-refractivity contribution < 1.29 is 0 Å². The van der Waals surface area contributed by atoms with E-state index >= 15 is 0 Å². The number of hydrogen-bond acceptors (Lipinski definition) is 3. The van der Waals surface area contributed by atoms with Gasteiger partial charge in [-0.25, -0.2) is 4.83 Å². The van der Waals surface area contributed by atoms with Gasteiger partial charge in [-0.2, -0.15) is 0 Å². The Kier molecular flexibility index (Phi) is 3.35. The smallest absolute Gasteiger partial charge is 0.209 e. The third-order valence-electron chi connectivity index (χ3n) is 0.527. The quantitative estimate of drug-likeness (QED) is 0.235. The molecule has 0 aromatic carbocycles. The van der Waals surface area contributed by atoms with Gasteiger partial charge in [-0.1, -0.05) is 0 Å². The van der Waals surface area contributed by atoms with Gasteiger partial charge >= 0.3 is 0 Å². The zero-order valence-corrected chi connectivity index (χ0v) is 7.33. The van der Waals surface area contributed by atoms with Crippen molar-refractivity contribution in [1.82, 2.24) is 4.83 Å². The molecule has 0 aliphatic rings.